The molecule has 1 saturated carbocycles. The molecule has 1 aromatic heterocycles. The first-order valence-corrected chi connectivity index (χ1v) is 20.3. The van der Waals surface area contributed by atoms with Crippen molar-refractivity contribution >= 4 is 58.9 Å². The highest BCUT2D eigenvalue weighted by Gasteiger charge is 2.44. The molecule has 5 aliphatic rings. The van der Waals surface area contributed by atoms with Gasteiger partial charge in [0.05, 0.1) is 18.8 Å². The Morgan fingerprint density at radius 2 is 1.92 bits per heavy atom. The highest BCUT2D eigenvalue weighted by molar-refractivity contribution is 6.07. The molecule has 3 atom stereocenters. The number of hydrogen-bond acceptors (Lipinski definition) is 12. The lowest BCUT2D eigenvalue weighted by Gasteiger charge is -2.46. The van der Waals surface area contributed by atoms with Gasteiger partial charge < -0.3 is 30.5 Å². The van der Waals surface area contributed by atoms with Crippen molar-refractivity contribution < 1.29 is 28.7 Å². The summed E-state index contributed by atoms with van der Waals surface area (Å²) in [4.78, 5) is 81.5. The van der Waals surface area contributed by atoms with Gasteiger partial charge in [0, 0.05) is 78.2 Å². The average molecular weight is 799 g/mol. The number of benzene rings is 2. The van der Waals surface area contributed by atoms with Crippen LogP contribution >= 0.6 is 0 Å². The van der Waals surface area contributed by atoms with Gasteiger partial charge in [0.15, 0.2) is 0 Å². The summed E-state index contributed by atoms with van der Waals surface area (Å²) >= 11 is 0. The van der Waals surface area contributed by atoms with Gasteiger partial charge in [-0.05, 0) is 74.4 Å². The molecule has 4 N–H and O–H groups in total. The molecule has 5 amide bonds. The molecule has 0 spiro atoms. The van der Waals surface area contributed by atoms with E-state index in [2.05, 4.69) is 44.2 Å². The Balaban J connectivity index is 0.887. The number of ether oxygens (including phenoxy) is 1. The van der Waals surface area contributed by atoms with E-state index < -0.39 is 11.9 Å². The number of aromatic nitrogens is 2. The third-order valence-corrected chi connectivity index (χ3v) is 12.0. The van der Waals surface area contributed by atoms with Gasteiger partial charge >= 0.3 is 0 Å². The van der Waals surface area contributed by atoms with Crippen molar-refractivity contribution in [3.63, 3.8) is 0 Å². The van der Waals surface area contributed by atoms with E-state index in [-0.39, 0.29) is 67.9 Å². The molecule has 8 rings (SSSR count). The second-order valence-corrected chi connectivity index (χ2v) is 15.4. The van der Waals surface area contributed by atoms with Crippen molar-refractivity contribution in [1.82, 2.24) is 25.5 Å². The fourth-order valence-electron chi connectivity index (χ4n) is 9.14. The van der Waals surface area contributed by atoms with Crippen molar-refractivity contribution in [3.05, 3.63) is 76.1 Å². The summed E-state index contributed by atoms with van der Waals surface area (Å²) in [5.74, 6) is -0.0971. The van der Waals surface area contributed by atoms with E-state index in [1.165, 1.54) is 12.0 Å². The predicted molar refractivity (Wildman–Crippen MR) is 218 cm³/mol. The Morgan fingerprint density at radius 3 is 2.68 bits per heavy atom. The van der Waals surface area contributed by atoms with Crippen LogP contribution in [0.15, 0.2) is 58.9 Å². The number of carbonyl (C=O) groups is 5. The maximum absolute atomic E-state index is 13.2. The van der Waals surface area contributed by atoms with Crippen LogP contribution in [0.2, 0.25) is 0 Å². The molecule has 16 heteroatoms. The van der Waals surface area contributed by atoms with E-state index in [4.69, 9.17) is 14.7 Å². The number of allylic oxidation sites excluding steroid dienone is 1. The van der Waals surface area contributed by atoms with Crippen molar-refractivity contribution in [2.24, 2.45) is 4.99 Å². The molecule has 16 nitrogen and oxygen atoms in total. The molecule has 2 aromatic carbocycles. The molecule has 2 fully saturated rings. The number of imide groups is 1. The van der Waals surface area contributed by atoms with Gasteiger partial charge in [0.2, 0.25) is 23.7 Å². The lowest BCUT2D eigenvalue weighted by atomic mass is 9.77. The van der Waals surface area contributed by atoms with Crippen LogP contribution in [-0.4, -0.2) is 82.4 Å². The second kappa shape index (κ2) is 16.7. The van der Waals surface area contributed by atoms with E-state index in [0.717, 1.165) is 49.1 Å². The summed E-state index contributed by atoms with van der Waals surface area (Å²) in [6, 6.07) is 12.0. The fraction of sp³-hybridized carbons (Fsp3) is 0.419. The molecule has 0 radical (unpaired) electrons. The van der Waals surface area contributed by atoms with Gasteiger partial charge in [-0.25, -0.2) is 9.98 Å². The Bertz CT molecular complexity index is 2330. The first kappa shape index (κ1) is 39.2. The molecule has 4 aliphatic heterocycles. The molecule has 0 bridgehead atoms. The summed E-state index contributed by atoms with van der Waals surface area (Å²) in [6.07, 6.45) is 10.5. The zero-order valence-corrected chi connectivity index (χ0v) is 33.0. The highest BCUT2D eigenvalue weighted by atomic mass is 16.5. The number of aliphatic imine (C=N–C) groups is 1. The van der Waals surface area contributed by atoms with Crippen molar-refractivity contribution in [1.29, 1.82) is 5.26 Å². The summed E-state index contributed by atoms with van der Waals surface area (Å²) in [5.41, 5.74) is 5.02. The van der Waals surface area contributed by atoms with Gasteiger partial charge in [-0.3, -0.25) is 29.3 Å². The maximum Gasteiger partial charge on any atom is 0.255 e. The number of rotatable bonds is 12. The van der Waals surface area contributed by atoms with Crippen LogP contribution in [0.1, 0.15) is 109 Å². The molecule has 1 aliphatic carbocycles. The fourth-order valence-corrected chi connectivity index (χ4v) is 9.14. The molecule has 3 aromatic rings. The van der Waals surface area contributed by atoms with Crippen LogP contribution in [0, 0.1) is 11.3 Å². The van der Waals surface area contributed by atoms with E-state index >= 15 is 0 Å². The minimum absolute atomic E-state index is 0.00745. The third-order valence-electron chi connectivity index (χ3n) is 12.0. The SMILES string of the molecule is CC[C@@H]1C2=C(C#N)N=CCC2c2cnc(Nc3ccc(C(=O)NCCCC(=O)Nc4cccc5c4CN(C4CCC(=O)NC4=O)C5=O)cc3OC)nc2N1C1CCCC1. The van der Waals surface area contributed by atoms with Crippen molar-refractivity contribution in [2.45, 2.75) is 102 Å². The molecule has 5 heterocycles. The summed E-state index contributed by atoms with van der Waals surface area (Å²) in [6.45, 7) is 2.53. The second-order valence-electron chi connectivity index (χ2n) is 15.4. The zero-order chi connectivity index (χ0) is 41.2. The minimum atomic E-state index is -0.753. The summed E-state index contributed by atoms with van der Waals surface area (Å²) < 4.78 is 5.69. The molecule has 1 saturated heterocycles. The van der Waals surface area contributed by atoms with Gasteiger partial charge in [0.1, 0.15) is 29.4 Å². The number of methoxy groups -OCH3 is 1. The van der Waals surface area contributed by atoms with E-state index in [0.29, 0.717) is 64.3 Å². The number of hydrogen-bond donors (Lipinski definition) is 4. The standard InChI is InChI=1S/C43H46N10O6/c1-3-33-38-26(17-19-45-32(38)21-44)28-22-47-43(51-39(28)53(33)25-8-4-5-9-25)49-31-14-13-24(20-35(31)59-2)40(56)46-18-7-12-36(54)48-30-11-6-10-27-29(30)23-52(42(27)58)34-15-16-37(55)50-41(34)57/h6,10-11,13-14,19-20,22,25-26,33-34H,3-5,7-9,12,15-18,23H2,1-2H3,(H,46,56)(H,48,54)(H,47,49,51)(H,50,55,57)/t26?,33-,34?/m1/s1. The number of piperidine rings is 1. The normalized spacial score (nSPS) is 21.0. The van der Waals surface area contributed by atoms with Crippen LogP contribution in [0.5, 0.6) is 5.75 Å². The first-order chi connectivity index (χ1) is 28.7. The molecule has 59 heavy (non-hydrogen) atoms. The zero-order valence-electron chi connectivity index (χ0n) is 33.0. The first-order valence-electron chi connectivity index (χ1n) is 20.3. The number of nitrogens with one attached hydrogen (secondary N) is 4. The Morgan fingerprint density at radius 1 is 1.08 bits per heavy atom. The maximum atomic E-state index is 13.2. The molecular weight excluding hydrogens is 753 g/mol. The predicted octanol–water partition coefficient (Wildman–Crippen LogP) is 5.02. The average Bonchev–Trinajstić information content (AvgIpc) is 3.90. The summed E-state index contributed by atoms with van der Waals surface area (Å²) in [7, 11) is 1.53. The van der Waals surface area contributed by atoms with Gasteiger partial charge in [-0.1, -0.05) is 25.8 Å². The van der Waals surface area contributed by atoms with E-state index in [9.17, 15) is 29.2 Å². The minimum Gasteiger partial charge on any atom is -0.495 e. The lowest BCUT2D eigenvalue weighted by Crippen LogP contribution is -2.52. The smallest absolute Gasteiger partial charge is 0.255 e. The number of anilines is 4. The van der Waals surface area contributed by atoms with Gasteiger partial charge in [0.25, 0.3) is 11.8 Å². The quantitative estimate of drug-likeness (QED) is 0.141. The monoisotopic (exact) mass is 798 g/mol. The van der Waals surface area contributed by atoms with E-state index in [1.807, 2.05) is 12.4 Å². The number of nitriles is 1. The Kier molecular flexibility index (Phi) is 11.1. The molecule has 2 unspecified atom stereocenters. The van der Waals surface area contributed by atoms with Crippen molar-refractivity contribution in [2.75, 3.05) is 29.2 Å². The van der Waals surface area contributed by atoms with Crippen LogP contribution in [-0.2, 0) is 20.9 Å². The number of nitrogens with zero attached hydrogens (tertiary/aromatic N) is 6. The van der Waals surface area contributed by atoms with Crippen LogP contribution < -0.4 is 30.9 Å². The van der Waals surface area contributed by atoms with Gasteiger partial charge in [-0.2, -0.15) is 10.2 Å². The van der Waals surface area contributed by atoms with Crippen molar-refractivity contribution in [3.8, 4) is 11.8 Å². The number of carbonyl (C=O) groups excluding carboxylic acids is 5. The summed E-state index contributed by atoms with van der Waals surface area (Å²) in [5, 5.41) is 21.3. The highest BCUT2D eigenvalue weighted by Crippen LogP contribution is 2.48. The van der Waals surface area contributed by atoms with Crippen LogP contribution in [0.3, 0.4) is 0 Å². The topological polar surface area (TPSA) is 211 Å². The van der Waals surface area contributed by atoms with E-state index in [1.54, 1.807) is 36.4 Å². The third kappa shape index (κ3) is 7.60. The van der Waals surface area contributed by atoms with Gasteiger partial charge in [-0.15, -0.1) is 0 Å². The Hall–Kier alpha value is -6.63. The van der Waals surface area contributed by atoms with Crippen LogP contribution in [0.4, 0.5) is 23.1 Å². The van der Waals surface area contributed by atoms with Crippen LogP contribution in [0.25, 0.3) is 0 Å². The molecular formula is C43H46N10O6. The molecule has 304 valence electrons. The lowest BCUT2D eigenvalue weighted by molar-refractivity contribution is -0.137. The Labute approximate surface area is 341 Å². The number of amides is 5. The largest absolute Gasteiger partial charge is 0.495 e. The number of fused-ring (bicyclic) bond motifs is 4.